The zero-order chi connectivity index (χ0) is 12.3. The molecule has 0 spiro atoms. The lowest BCUT2D eigenvalue weighted by Crippen LogP contribution is -2.35. The molecule has 5 nitrogen and oxygen atoms in total. The molecular weight excluding hydrogens is 216 g/mol. The van der Waals surface area contributed by atoms with Gasteiger partial charge in [0.15, 0.2) is 0 Å². The second-order valence-electron chi connectivity index (χ2n) is 4.34. The molecule has 0 aromatic carbocycles. The quantitative estimate of drug-likeness (QED) is 0.588. The number of hydrogen-bond acceptors (Lipinski definition) is 4. The Balaban J connectivity index is 1.86. The zero-order valence-electron chi connectivity index (χ0n) is 10.4. The van der Waals surface area contributed by atoms with Gasteiger partial charge in [-0.3, -0.25) is 4.79 Å². The SMILES string of the molecule is N#CCCNC(=O)CNCCCN1CCCC1. The Morgan fingerprint density at radius 3 is 2.76 bits per heavy atom. The van der Waals surface area contributed by atoms with Crippen molar-refractivity contribution in [2.24, 2.45) is 0 Å². The topological polar surface area (TPSA) is 68.2 Å². The second kappa shape index (κ2) is 8.97. The molecule has 0 unspecified atom stereocenters. The summed E-state index contributed by atoms with van der Waals surface area (Å²) in [5.74, 6) is -0.0265. The molecule has 0 radical (unpaired) electrons. The van der Waals surface area contributed by atoms with Gasteiger partial charge >= 0.3 is 0 Å². The third-order valence-electron chi connectivity index (χ3n) is 2.87. The van der Waals surface area contributed by atoms with Crippen molar-refractivity contribution in [1.82, 2.24) is 15.5 Å². The fraction of sp³-hybridized carbons (Fsp3) is 0.833. The smallest absolute Gasteiger partial charge is 0.233 e. The van der Waals surface area contributed by atoms with E-state index in [1.165, 1.54) is 25.9 Å². The van der Waals surface area contributed by atoms with Crippen LogP contribution in [0, 0.1) is 11.3 Å². The summed E-state index contributed by atoms with van der Waals surface area (Å²) >= 11 is 0. The van der Waals surface area contributed by atoms with Crippen molar-refractivity contribution in [2.45, 2.75) is 25.7 Å². The molecule has 17 heavy (non-hydrogen) atoms. The molecule has 96 valence electrons. The van der Waals surface area contributed by atoms with Crippen LogP contribution < -0.4 is 10.6 Å². The molecule has 0 aliphatic carbocycles. The summed E-state index contributed by atoms with van der Waals surface area (Å²) in [5.41, 5.74) is 0. The van der Waals surface area contributed by atoms with E-state index in [4.69, 9.17) is 5.26 Å². The lowest BCUT2D eigenvalue weighted by atomic mass is 10.4. The summed E-state index contributed by atoms with van der Waals surface area (Å²) in [6, 6.07) is 1.99. The van der Waals surface area contributed by atoms with Gasteiger partial charge in [0.25, 0.3) is 0 Å². The molecule has 5 heteroatoms. The lowest BCUT2D eigenvalue weighted by molar-refractivity contribution is -0.120. The molecule has 0 atom stereocenters. The number of carbonyl (C=O) groups excluding carboxylic acids is 1. The summed E-state index contributed by atoms with van der Waals surface area (Å²) in [5, 5.41) is 14.1. The zero-order valence-corrected chi connectivity index (χ0v) is 10.4. The highest BCUT2D eigenvalue weighted by Gasteiger charge is 2.09. The minimum Gasteiger partial charge on any atom is -0.354 e. The summed E-state index contributed by atoms with van der Waals surface area (Å²) in [6.45, 7) is 5.27. The summed E-state index contributed by atoms with van der Waals surface area (Å²) < 4.78 is 0. The highest BCUT2D eigenvalue weighted by molar-refractivity contribution is 5.77. The average molecular weight is 238 g/mol. The Bertz CT molecular complexity index is 256. The first-order valence-electron chi connectivity index (χ1n) is 6.39. The minimum absolute atomic E-state index is 0.0265. The largest absolute Gasteiger partial charge is 0.354 e. The Morgan fingerprint density at radius 1 is 1.29 bits per heavy atom. The van der Waals surface area contributed by atoms with Gasteiger partial charge in [-0.05, 0) is 45.4 Å². The van der Waals surface area contributed by atoms with Crippen molar-refractivity contribution in [3.63, 3.8) is 0 Å². The highest BCUT2D eigenvalue weighted by atomic mass is 16.1. The molecule has 1 aliphatic heterocycles. The van der Waals surface area contributed by atoms with E-state index in [0.717, 1.165) is 19.5 Å². The van der Waals surface area contributed by atoms with Crippen LogP contribution in [0.1, 0.15) is 25.7 Å². The number of likely N-dealkylation sites (tertiary alicyclic amines) is 1. The summed E-state index contributed by atoms with van der Waals surface area (Å²) in [7, 11) is 0. The van der Waals surface area contributed by atoms with E-state index in [9.17, 15) is 4.79 Å². The van der Waals surface area contributed by atoms with Crippen LogP contribution in [0.15, 0.2) is 0 Å². The van der Waals surface area contributed by atoms with Gasteiger partial charge in [-0.25, -0.2) is 0 Å². The first kappa shape index (κ1) is 13.9. The number of carbonyl (C=O) groups is 1. The molecule has 1 fully saturated rings. The van der Waals surface area contributed by atoms with Crippen LogP contribution in [0.3, 0.4) is 0 Å². The molecule has 1 amide bonds. The second-order valence-corrected chi connectivity index (χ2v) is 4.34. The predicted octanol–water partition coefficient (Wildman–Crippen LogP) is 0.0918. The van der Waals surface area contributed by atoms with Crippen LogP contribution in [0.2, 0.25) is 0 Å². The molecule has 1 saturated heterocycles. The van der Waals surface area contributed by atoms with Gasteiger partial charge in [0.2, 0.25) is 5.91 Å². The van der Waals surface area contributed by atoms with Crippen molar-refractivity contribution in [3.8, 4) is 6.07 Å². The van der Waals surface area contributed by atoms with Crippen molar-refractivity contribution < 1.29 is 4.79 Å². The van der Waals surface area contributed by atoms with Gasteiger partial charge in [0.1, 0.15) is 0 Å². The third kappa shape index (κ3) is 6.93. The van der Waals surface area contributed by atoms with E-state index in [1.54, 1.807) is 0 Å². The number of nitrogens with zero attached hydrogens (tertiary/aromatic N) is 2. The van der Waals surface area contributed by atoms with Crippen molar-refractivity contribution >= 4 is 5.91 Å². The fourth-order valence-electron chi connectivity index (χ4n) is 1.96. The number of amides is 1. The van der Waals surface area contributed by atoms with E-state index in [1.807, 2.05) is 6.07 Å². The van der Waals surface area contributed by atoms with Crippen LogP contribution in [0.5, 0.6) is 0 Å². The number of rotatable bonds is 8. The van der Waals surface area contributed by atoms with Crippen molar-refractivity contribution in [2.75, 3.05) is 39.3 Å². The van der Waals surface area contributed by atoms with E-state index in [-0.39, 0.29) is 5.91 Å². The van der Waals surface area contributed by atoms with Crippen LogP contribution in [0.4, 0.5) is 0 Å². The number of nitrogens with one attached hydrogen (secondary N) is 2. The normalized spacial score (nSPS) is 15.7. The van der Waals surface area contributed by atoms with Crippen LogP contribution in [0.25, 0.3) is 0 Å². The molecule has 1 aliphatic rings. The average Bonchev–Trinajstić information content (AvgIpc) is 2.82. The van der Waals surface area contributed by atoms with Crippen LogP contribution in [-0.4, -0.2) is 50.1 Å². The highest BCUT2D eigenvalue weighted by Crippen LogP contribution is 2.06. The van der Waals surface area contributed by atoms with Gasteiger partial charge in [0.05, 0.1) is 19.0 Å². The van der Waals surface area contributed by atoms with E-state index in [2.05, 4.69) is 15.5 Å². The first-order valence-corrected chi connectivity index (χ1v) is 6.39. The Kier molecular flexibility index (Phi) is 7.35. The molecule has 1 rings (SSSR count). The van der Waals surface area contributed by atoms with E-state index in [0.29, 0.717) is 19.5 Å². The molecule has 0 bridgehead atoms. The molecule has 0 aromatic rings. The van der Waals surface area contributed by atoms with Crippen molar-refractivity contribution in [1.29, 1.82) is 5.26 Å². The standard InChI is InChI=1S/C12H22N4O/c13-5-3-7-15-12(17)11-14-6-4-10-16-8-1-2-9-16/h14H,1-4,6-11H2,(H,15,17). The molecule has 2 N–H and O–H groups in total. The maximum absolute atomic E-state index is 11.2. The Hall–Kier alpha value is -1.12. The number of hydrogen-bond donors (Lipinski definition) is 2. The lowest BCUT2D eigenvalue weighted by Gasteiger charge is -2.14. The number of nitriles is 1. The van der Waals surface area contributed by atoms with Gasteiger partial charge in [0, 0.05) is 6.54 Å². The van der Waals surface area contributed by atoms with E-state index < -0.39 is 0 Å². The molecule has 0 saturated carbocycles. The van der Waals surface area contributed by atoms with Crippen LogP contribution >= 0.6 is 0 Å². The molecule has 1 heterocycles. The third-order valence-corrected chi connectivity index (χ3v) is 2.87. The Morgan fingerprint density at radius 2 is 2.06 bits per heavy atom. The first-order chi connectivity index (χ1) is 8.33. The maximum Gasteiger partial charge on any atom is 0.233 e. The monoisotopic (exact) mass is 238 g/mol. The van der Waals surface area contributed by atoms with Gasteiger partial charge < -0.3 is 15.5 Å². The minimum atomic E-state index is -0.0265. The van der Waals surface area contributed by atoms with Gasteiger partial charge in [-0.1, -0.05) is 0 Å². The fourth-order valence-corrected chi connectivity index (χ4v) is 1.96. The summed E-state index contributed by atoms with van der Waals surface area (Å²) in [6.07, 6.45) is 4.12. The van der Waals surface area contributed by atoms with Gasteiger partial charge in [-0.2, -0.15) is 5.26 Å². The van der Waals surface area contributed by atoms with Gasteiger partial charge in [-0.15, -0.1) is 0 Å². The predicted molar refractivity (Wildman–Crippen MR) is 66.4 cm³/mol. The van der Waals surface area contributed by atoms with Crippen LogP contribution in [-0.2, 0) is 4.79 Å². The molecule has 0 aromatic heterocycles. The summed E-state index contributed by atoms with van der Waals surface area (Å²) in [4.78, 5) is 13.7. The van der Waals surface area contributed by atoms with E-state index >= 15 is 0 Å². The maximum atomic E-state index is 11.2. The van der Waals surface area contributed by atoms with Crippen molar-refractivity contribution in [3.05, 3.63) is 0 Å². The molecular formula is C12H22N4O. The Labute approximate surface area is 103 Å².